The largest absolute Gasteiger partial charge is 0.337 e. The van der Waals surface area contributed by atoms with Crippen LogP contribution >= 0.6 is 0 Å². The summed E-state index contributed by atoms with van der Waals surface area (Å²) in [7, 11) is 0. The highest BCUT2D eigenvalue weighted by Gasteiger charge is 2.28. The van der Waals surface area contributed by atoms with E-state index in [9.17, 15) is 4.79 Å². The van der Waals surface area contributed by atoms with E-state index >= 15 is 0 Å². The number of carbonyl (C=O) groups is 1. The summed E-state index contributed by atoms with van der Waals surface area (Å²) in [5.41, 5.74) is 1.01. The molecule has 0 spiro atoms. The molecule has 5 heteroatoms. The van der Waals surface area contributed by atoms with Crippen molar-refractivity contribution in [1.29, 1.82) is 5.26 Å². The number of carbonyl (C=O) groups excluding carboxylic acids is 1. The van der Waals surface area contributed by atoms with Gasteiger partial charge >= 0.3 is 0 Å². The summed E-state index contributed by atoms with van der Waals surface area (Å²) in [6.45, 7) is 3.32. The third-order valence-electron chi connectivity index (χ3n) is 3.32. The lowest BCUT2D eigenvalue weighted by Crippen LogP contribution is -2.44. The van der Waals surface area contributed by atoms with E-state index in [1.807, 2.05) is 24.0 Å². The van der Waals surface area contributed by atoms with Crippen molar-refractivity contribution < 1.29 is 4.79 Å². The van der Waals surface area contributed by atoms with Gasteiger partial charge in [0.15, 0.2) is 0 Å². The van der Waals surface area contributed by atoms with Crippen molar-refractivity contribution in [3.63, 3.8) is 0 Å². The van der Waals surface area contributed by atoms with Crippen molar-refractivity contribution in [2.24, 2.45) is 0 Å². The minimum atomic E-state index is -0.390. The Balaban J connectivity index is 2.10. The lowest BCUT2D eigenvalue weighted by atomic mass is 10.1. The number of nitriles is 1. The number of pyridine rings is 1. The second kappa shape index (κ2) is 6.30. The molecule has 1 aliphatic rings. The van der Waals surface area contributed by atoms with Crippen LogP contribution in [0.4, 0.5) is 0 Å². The van der Waals surface area contributed by atoms with E-state index in [4.69, 9.17) is 5.26 Å². The van der Waals surface area contributed by atoms with Crippen LogP contribution in [-0.4, -0.2) is 34.4 Å². The average Bonchev–Trinajstić information content (AvgIpc) is 2.54. The topological polar surface area (TPSA) is 69.0 Å². The van der Waals surface area contributed by atoms with E-state index in [-0.39, 0.29) is 24.4 Å². The van der Waals surface area contributed by atoms with E-state index in [1.165, 1.54) is 0 Å². The predicted molar refractivity (Wildman–Crippen MR) is 70.9 cm³/mol. The highest BCUT2D eigenvalue weighted by atomic mass is 16.2. The van der Waals surface area contributed by atoms with Crippen molar-refractivity contribution in [2.75, 3.05) is 6.54 Å². The van der Waals surface area contributed by atoms with Gasteiger partial charge in [0.25, 0.3) is 0 Å². The molecule has 2 heterocycles. The zero-order chi connectivity index (χ0) is 13.7. The highest BCUT2D eigenvalue weighted by molar-refractivity contribution is 5.82. The predicted octanol–water partition coefficient (Wildman–Crippen LogP) is 1.07. The number of hydrogen-bond acceptors (Lipinski definition) is 4. The normalized spacial score (nSPS) is 23.8. The number of nitrogens with zero attached hydrogens (tertiary/aromatic N) is 3. The van der Waals surface area contributed by atoms with Crippen LogP contribution in [0.25, 0.3) is 0 Å². The number of aromatic nitrogens is 1. The van der Waals surface area contributed by atoms with Gasteiger partial charge in [-0.2, -0.15) is 5.26 Å². The molecule has 1 saturated heterocycles. The number of rotatable bonds is 3. The molecule has 1 fully saturated rings. The second-order valence-electron chi connectivity index (χ2n) is 4.89. The van der Waals surface area contributed by atoms with Gasteiger partial charge in [0, 0.05) is 31.5 Å². The molecule has 0 bridgehead atoms. The Morgan fingerprint density at radius 3 is 3.16 bits per heavy atom. The first-order valence-corrected chi connectivity index (χ1v) is 6.51. The Bertz CT molecular complexity index is 468. The van der Waals surface area contributed by atoms with Crippen LogP contribution in [0.2, 0.25) is 0 Å². The van der Waals surface area contributed by atoms with Crippen LogP contribution in [0, 0.1) is 11.3 Å². The van der Waals surface area contributed by atoms with Crippen LogP contribution < -0.4 is 5.32 Å². The van der Waals surface area contributed by atoms with Gasteiger partial charge in [-0.1, -0.05) is 6.07 Å². The summed E-state index contributed by atoms with van der Waals surface area (Å²) >= 11 is 0. The maximum absolute atomic E-state index is 12.4. The van der Waals surface area contributed by atoms with Gasteiger partial charge in [-0.05, 0) is 25.0 Å². The van der Waals surface area contributed by atoms with E-state index in [0.29, 0.717) is 13.1 Å². The molecule has 0 aliphatic carbocycles. The lowest BCUT2D eigenvalue weighted by Gasteiger charge is -2.23. The van der Waals surface area contributed by atoms with E-state index in [1.54, 1.807) is 12.4 Å². The lowest BCUT2D eigenvalue weighted by molar-refractivity contribution is -0.133. The molecule has 1 aliphatic heterocycles. The van der Waals surface area contributed by atoms with Crippen molar-refractivity contribution in [1.82, 2.24) is 15.2 Å². The molecule has 2 atom stereocenters. The average molecular weight is 258 g/mol. The summed E-state index contributed by atoms with van der Waals surface area (Å²) < 4.78 is 0. The fraction of sp³-hybridized carbons (Fsp3) is 0.500. The van der Waals surface area contributed by atoms with E-state index < -0.39 is 0 Å². The van der Waals surface area contributed by atoms with Crippen LogP contribution in [0.15, 0.2) is 24.5 Å². The number of nitrogens with one attached hydrogen (secondary N) is 1. The Morgan fingerprint density at radius 1 is 1.63 bits per heavy atom. The first-order valence-electron chi connectivity index (χ1n) is 6.51. The Labute approximate surface area is 113 Å². The standard InChI is InChI=1S/C14H18N4O/c1-11-5-8-18(10-12-3-2-7-16-9-12)14(19)13(17-11)4-6-15/h2-3,7,9,11,13,17H,4-5,8,10H2,1H3. The van der Waals surface area contributed by atoms with Crippen LogP contribution in [0.1, 0.15) is 25.3 Å². The molecule has 0 aromatic carbocycles. The maximum atomic E-state index is 12.4. The molecule has 1 amide bonds. The van der Waals surface area contributed by atoms with Gasteiger partial charge in [0.05, 0.1) is 12.5 Å². The fourth-order valence-corrected chi connectivity index (χ4v) is 2.28. The summed E-state index contributed by atoms with van der Waals surface area (Å²) in [5.74, 6) is 0.00903. The fourth-order valence-electron chi connectivity index (χ4n) is 2.28. The van der Waals surface area contributed by atoms with Gasteiger partial charge in [0.1, 0.15) is 6.04 Å². The van der Waals surface area contributed by atoms with Gasteiger partial charge < -0.3 is 10.2 Å². The van der Waals surface area contributed by atoms with E-state index in [2.05, 4.69) is 16.4 Å². The molecule has 0 radical (unpaired) electrons. The van der Waals surface area contributed by atoms with Crippen LogP contribution in [0.3, 0.4) is 0 Å². The summed E-state index contributed by atoms with van der Waals surface area (Å²) in [4.78, 5) is 18.3. The molecule has 2 rings (SSSR count). The molecule has 0 saturated carbocycles. The number of hydrogen-bond donors (Lipinski definition) is 1. The molecule has 1 aromatic heterocycles. The number of amides is 1. The summed E-state index contributed by atoms with van der Waals surface area (Å²) in [6.07, 6.45) is 4.60. The van der Waals surface area contributed by atoms with Crippen molar-refractivity contribution in [2.45, 2.75) is 38.4 Å². The van der Waals surface area contributed by atoms with Gasteiger partial charge in [0.2, 0.25) is 5.91 Å². The summed E-state index contributed by atoms with van der Waals surface area (Å²) in [6, 6.07) is 5.77. The molecule has 100 valence electrons. The second-order valence-corrected chi connectivity index (χ2v) is 4.89. The quantitative estimate of drug-likeness (QED) is 0.880. The molecule has 1 N–H and O–H groups in total. The van der Waals surface area contributed by atoms with Gasteiger partial charge in [-0.25, -0.2) is 0 Å². The molecular weight excluding hydrogens is 240 g/mol. The van der Waals surface area contributed by atoms with Crippen molar-refractivity contribution >= 4 is 5.91 Å². The maximum Gasteiger partial charge on any atom is 0.241 e. The van der Waals surface area contributed by atoms with Crippen molar-refractivity contribution in [3.8, 4) is 6.07 Å². The van der Waals surface area contributed by atoms with Gasteiger partial charge in [-0.15, -0.1) is 0 Å². The molecule has 19 heavy (non-hydrogen) atoms. The third kappa shape index (κ3) is 3.52. The van der Waals surface area contributed by atoms with Crippen LogP contribution in [-0.2, 0) is 11.3 Å². The minimum Gasteiger partial charge on any atom is -0.337 e. The smallest absolute Gasteiger partial charge is 0.241 e. The Kier molecular flexibility index (Phi) is 4.48. The zero-order valence-corrected chi connectivity index (χ0v) is 11.0. The van der Waals surface area contributed by atoms with Gasteiger partial charge in [-0.3, -0.25) is 9.78 Å². The molecule has 5 nitrogen and oxygen atoms in total. The SMILES string of the molecule is CC1CCN(Cc2cccnc2)C(=O)C(CC#N)N1. The first-order chi connectivity index (χ1) is 9.20. The highest BCUT2D eigenvalue weighted by Crippen LogP contribution is 2.12. The Hall–Kier alpha value is -1.93. The third-order valence-corrected chi connectivity index (χ3v) is 3.32. The van der Waals surface area contributed by atoms with Crippen molar-refractivity contribution in [3.05, 3.63) is 30.1 Å². The van der Waals surface area contributed by atoms with Crippen LogP contribution in [0.5, 0.6) is 0 Å². The minimum absolute atomic E-state index is 0.00903. The molecular formula is C14H18N4O. The molecule has 1 aromatic rings. The zero-order valence-electron chi connectivity index (χ0n) is 11.0. The first kappa shape index (κ1) is 13.5. The monoisotopic (exact) mass is 258 g/mol. The van der Waals surface area contributed by atoms with E-state index in [0.717, 1.165) is 12.0 Å². The Morgan fingerprint density at radius 2 is 2.47 bits per heavy atom. The molecule has 2 unspecified atom stereocenters. The summed E-state index contributed by atoms with van der Waals surface area (Å²) in [5, 5.41) is 12.0.